The van der Waals surface area contributed by atoms with E-state index in [1.807, 2.05) is 61.5 Å². The Morgan fingerprint density at radius 2 is 1.70 bits per heavy atom. The van der Waals surface area contributed by atoms with Crippen LogP contribution in [-0.2, 0) is 11.2 Å². The van der Waals surface area contributed by atoms with Crippen LogP contribution in [0.1, 0.15) is 11.1 Å². The number of nitrogens with one attached hydrogen (secondary N) is 2. The second-order valence-electron chi connectivity index (χ2n) is 7.67. The molecule has 4 aromatic rings. The van der Waals surface area contributed by atoms with Gasteiger partial charge >= 0.3 is 6.09 Å². The molecule has 1 heterocycles. The van der Waals surface area contributed by atoms with Crippen LogP contribution >= 0.6 is 0 Å². The van der Waals surface area contributed by atoms with E-state index in [0.29, 0.717) is 13.0 Å². The first-order chi connectivity index (χ1) is 16.0. The number of carbonyl (C=O) groups excluding carboxylic acids is 1. The number of fused-ring (bicyclic) bond motifs is 2. The zero-order chi connectivity index (χ0) is 23.4. The average molecular weight is 446 g/mol. The molecule has 0 fully saturated rings. The van der Waals surface area contributed by atoms with Crippen molar-refractivity contribution in [2.75, 3.05) is 33.2 Å². The standard InChI is InChI=1S/C26H27N3O4/c1-16-13-22-21(15-24(16)32-4)25(20-10-9-19(31-3)14-23(20)29-22)28-18-7-5-17(6-8-18)11-12-33-26(30)27-2/h5-10,13-15H,11-12H2,1-4H3,(H,27,30)(H,28,29). The van der Waals surface area contributed by atoms with Gasteiger partial charge in [-0.3, -0.25) is 0 Å². The summed E-state index contributed by atoms with van der Waals surface area (Å²) in [7, 11) is 4.87. The maximum atomic E-state index is 11.2. The summed E-state index contributed by atoms with van der Waals surface area (Å²) >= 11 is 0. The second-order valence-corrected chi connectivity index (χ2v) is 7.67. The molecule has 170 valence electrons. The zero-order valence-electron chi connectivity index (χ0n) is 19.2. The SMILES string of the molecule is CNC(=O)OCCc1ccc(Nc2c3ccc(OC)cc3nc3cc(C)c(OC)cc23)cc1. The minimum atomic E-state index is -0.424. The van der Waals surface area contributed by atoms with Gasteiger partial charge in [0, 0.05) is 36.0 Å². The van der Waals surface area contributed by atoms with Gasteiger partial charge in [0.15, 0.2) is 0 Å². The van der Waals surface area contributed by atoms with Gasteiger partial charge in [-0.05, 0) is 54.4 Å². The summed E-state index contributed by atoms with van der Waals surface area (Å²) in [6.07, 6.45) is 0.220. The minimum absolute atomic E-state index is 0.326. The van der Waals surface area contributed by atoms with Gasteiger partial charge in [0.05, 0.1) is 37.5 Å². The molecule has 7 nitrogen and oxygen atoms in total. The first-order valence-corrected chi connectivity index (χ1v) is 10.7. The van der Waals surface area contributed by atoms with Gasteiger partial charge in [0.1, 0.15) is 11.5 Å². The quantitative estimate of drug-likeness (QED) is 0.373. The van der Waals surface area contributed by atoms with Crippen molar-refractivity contribution in [3.05, 3.63) is 65.7 Å². The lowest BCUT2D eigenvalue weighted by Crippen LogP contribution is -2.20. The number of ether oxygens (including phenoxy) is 3. The highest BCUT2D eigenvalue weighted by atomic mass is 16.5. The smallest absolute Gasteiger partial charge is 0.406 e. The number of carbonyl (C=O) groups is 1. The molecule has 1 aromatic heterocycles. The number of benzene rings is 3. The zero-order valence-corrected chi connectivity index (χ0v) is 19.2. The van der Waals surface area contributed by atoms with E-state index in [0.717, 1.165) is 55.8 Å². The molecular formula is C26H27N3O4. The minimum Gasteiger partial charge on any atom is -0.497 e. The molecule has 0 bridgehead atoms. The fourth-order valence-electron chi connectivity index (χ4n) is 3.77. The summed E-state index contributed by atoms with van der Waals surface area (Å²) in [5.74, 6) is 1.57. The van der Waals surface area contributed by atoms with E-state index >= 15 is 0 Å². The number of aryl methyl sites for hydroxylation is 1. The molecule has 2 N–H and O–H groups in total. The Hall–Kier alpha value is -4.00. The molecule has 0 saturated heterocycles. The summed E-state index contributed by atoms with van der Waals surface area (Å²) in [6.45, 7) is 2.34. The van der Waals surface area contributed by atoms with Gasteiger partial charge in [-0.15, -0.1) is 0 Å². The third-order valence-corrected chi connectivity index (χ3v) is 5.55. The molecule has 0 aliphatic heterocycles. The number of anilines is 2. The van der Waals surface area contributed by atoms with Gasteiger partial charge < -0.3 is 24.8 Å². The van der Waals surface area contributed by atoms with Crippen LogP contribution in [-0.4, -0.2) is 39.0 Å². The van der Waals surface area contributed by atoms with Crippen LogP contribution < -0.4 is 20.1 Å². The number of rotatable bonds is 7. The third kappa shape index (κ3) is 4.77. The fraction of sp³-hybridized carbons (Fsp3) is 0.231. The molecule has 0 aliphatic rings. The van der Waals surface area contributed by atoms with Crippen molar-refractivity contribution in [3.8, 4) is 11.5 Å². The van der Waals surface area contributed by atoms with Gasteiger partial charge in [0.25, 0.3) is 0 Å². The molecule has 0 saturated carbocycles. The molecule has 4 rings (SSSR count). The van der Waals surface area contributed by atoms with E-state index in [2.05, 4.69) is 10.6 Å². The predicted molar refractivity (Wildman–Crippen MR) is 131 cm³/mol. The van der Waals surface area contributed by atoms with Gasteiger partial charge in [-0.1, -0.05) is 12.1 Å². The normalized spacial score (nSPS) is 10.8. The van der Waals surface area contributed by atoms with Crippen LogP contribution in [0, 0.1) is 6.92 Å². The molecule has 33 heavy (non-hydrogen) atoms. The van der Waals surface area contributed by atoms with Crippen LogP contribution in [0.3, 0.4) is 0 Å². The van der Waals surface area contributed by atoms with Crippen LogP contribution in [0.25, 0.3) is 21.8 Å². The Balaban J connectivity index is 1.71. The summed E-state index contributed by atoms with van der Waals surface area (Å²) in [5.41, 5.74) is 5.71. The largest absolute Gasteiger partial charge is 0.497 e. The lowest BCUT2D eigenvalue weighted by molar-refractivity contribution is 0.150. The van der Waals surface area contributed by atoms with Crippen molar-refractivity contribution >= 4 is 39.3 Å². The Bertz CT molecular complexity index is 1300. The maximum Gasteiger partial charge on any atom is 0.406 e. The van der Waals surface area contributed by atoms with Crippen molar-refractivity contribution in [2.24, 2.45) is 0 Å². The predicted octanol–water partition coefficient (Wildman–Crippen LogP) is 5.36. The van der Waals surface area contributed by atoms with E-state index in [1.54, 1.807) is 21.3 Å². The lowest BCUT2D eigenvalue weighted by atomic mass is 10.0. The molecule has 0 aliphatic carbocycles. The Morgan fingerprint density at radius 1 is 0.939 bits per heavy atom. The van der Waals surface area contributed by atoms with E-state index in [4.69, 9.17) is 19.2 Å². The van der Waals surface area contributed by atoms with E-state index in [1.165, 1.54) is 0 Å². The highest BCUT2D eigenvalue weighted by Gasteiger charge is 2.13. The topological polar surface area (TPSA) is 81.7 Å². The third-order valence-electron chi connectivity index (χ3n) is 5.55. The molecular weight excluding hydrogens is 418 g/mol. The van der Waals surface area contributed by atoms with Crippen LogP contribution in [0.4, 0.5) is 16.2 Å². The fourth-order valence-corrected chi connectivity index (χ4v) is 3.77. The van der Waals surface area contributed by atoms with E-state index in [-0.39, 0.29) is 0 Å². The van der Waals surface area contributed by atoms with Crippen molar-refractivity contribution in [3.63, 3.8) is 0 Å². The van der Waals surface area contributed by atoms with Gasteiger partial charge in [-0.2, -0.15) is 0 Å². The van der Waals surface area contributed by atoms with E-state index in [9.17, 15) is 4.79 Å². The summed E-state index contributed by atoms with van der Waals surface area (Å²) < 4.78 is 16.0. The number of pyridine rings is 1. The lowest BCUT2D eigenvalue weighted by Gasteiger charge is -2.16. The number of hydrogen-bond donors (Lipinski definition) is 2. The molecule has 7 heteroatoms. The van der Waals surface area contributed by atoms with Gasteiger partial charge in [-0.25, -0.2) is 9.78 Å². The van der Waals surface area contributed by atoms with Gasteiger partial charge in [0.2, 0.25) is 0 Å². The molecule has 0 atom stereocenters. The number of aromatic nitrogens is 1. The van der Waals surface area contributed by atoms with Crippen LogP contribution in [0.2, 0.25) is 0 Å². The summed E-state index contributed by atoms with van der Waals surface area (Å²) in [6, 6.07) is 18.0. The summed E-state index contributed by atoms with van der Waals surface area (Å²) in [5, 5.41) is 7.97. The molecule has 3 aromatic carbocycles. The average Bonchev–Trinajstić information content (AvgIpc) is 2.84. The summed E-state index contributed by atoms with van der Waals surface area (Å²) in [4.78, 5) is 16.1. The highest BCUT2D eigenvalue weighted by Crippen LogP contribution is 2.37. The number of hydrogen-bond acceptors (Lipinski definition) is 6. The van der Waals surface area contributed by atoms with Crippen molar-refractivity contribution in [1.29, 1.82) is 0 Å². The number of alkyl carbamates (subject to hydrolysis) is 1. The molecule has 0 unspecified atom stereocenters. The highest BCUT2D eigenvalue weighted by molar-refractivity contribution is 6.09. The van der Waals surface area contributed by atoms with Crippen LogP contribution in [0.15, 0.2) is 54.6 Å². The van der Waals surface area contributed by atoms with Crippen molar-refractivity contribution < 1.29 is 19.0 Å². The number of nitrogens with zero attached hydrogens (tertiary/aromatic N) is 1. The molecule has 0 spiro atoms. The molecule has 1 amide bonds. The van der Waals surface area contributed by atoms with E-state index < -0.39 is 6.09 Å². The maximum absolute atomic E-state index is 11.2. The Kier molecular flexibility index (Phi) is 6.49. The second kappa shape index (κ2) is 9.65. The van der Waals surface area contributed by atoms with Crippen molar-refractivity contribution in [1.82, 2.24) is 10.3 Å². The first kappa shape index (κ1) is 22.2. The number of amides is 1. The Morgan fingerprint density at radius 3 is 2.39 bits per heavy atom. The number of methoxy groups -OCH3 is 2. The monoisotopic (exact) mass is 445 g/mol. The van der Waals surface area contributed by atoms with Crippen LogP contribution in [0.5, 0.6) is 11.5 Å². The van der Waals surface area contributed by atoms with Crippen molar-refractivity contribution in [2.45, 2.75) is 13.3 Å². The first-order valence-electron chi connectivity index (χ1n) is 10.7. The molecule has 0 radical (unpaired) electrons. The Labute approximate surface area is 192 Å².